The number of carbonyl (C=O) groups excluding carboxylic acids is 1. The Morgan fingerprint density at radius 1 is 1.40 bits per heavy atom. The molecule has 7 nitrogen and oxygen atoms in total. The Kier molecular flexibility index (Phi) is 2.49. The number of aromatic nitrogens is 5. The van der Waals surface area contributed by atoms with Gasteiger partial charge in [0.15, 0.2) is 5.65 Å². The molecule has 8 heteroatoms. The fourth-order valence-electron chi connectivity index (χ4n) is 1.91. The molecule has 1 fully saturated rings. The van der Waals surface area contributed by atoms with E-state index in [2.05, 4.69) is 24.8 Å². The zero-order chi connectivity index (χ0) is 13.5. The average Bonchev–Trinajstić information content (AvgIpc) is 3.02. The van der Waals surface area contributed by atoms with Crippen LogP contribution in [0.3, 0.4) is 0 Å². The number of carbonyl (C=O) groups is 1. The van der Waals surface area contributed by atoms with Crippen LogP contribution in [0.2, 0.25) is 0 Å². The molecule has 0 aliphatic heterocycles. The van der Waals surface area contributed by atoms with Crippen molar-refractivity contribution in [3.63, 3.8) is 0 Å². The minimum Gasteiger partial charge on any atom is -0.297 e. The lowest BCUT2D eigenvalue weighted by Crippen LogP contribution is -2.12. The monoisotopic (exact) mass is 286 g/mol. The van der Waals surface area contributed by atoms with Gasteiger partial charge in [-0.15, -0.1) is 0 Å². The lowest BCUT2D eigenvalue weighted by molar-refractivity contribution is 0.102. The van der Waals surface area contributed by atoms with Gasteiger partial charge in [-0.1, -0.05) is 0 Å². The number of amides is 1. The Bertz CT molecular complexity index is 790. The van der Waals surface area contributed by atoms with Crippen molar-refractivity contribution in [3.05, 3.63) is 36.0 Å². The van der Waals surface area contributed by atoms with Crippen LogP contribution in [0, 0.1) is 0 Å². The van der Waals surface area contributed by atoms with Gasteiger partial charge in [0.25, 0.3) is 5.91 Å². The second kappa shape index (κ2) is 4.34. The number of nitrogens with one attached hydrogen (secondary N) is 1. The molecule has 0 saturated heterocycles. The highest BCUT2D eigenvalue weighted by molar-refractivity contribution is 7.09. The molecule has 1 aliphatic carbocycles. The fraction of sp³-hybridized carbons (Fsp3) is 0.250. The fourth-order valence-corrected chi connectivity index (χ4v) is 2.56. The lowest BCUT2D eigenvalue weighted by atomic mass is 10.3. The Hall–Kier alpha value is -2.35. The van der Waals surface area contributed by atoms with Crippen molar-refractivity contribution in [2.45, 2.75) is 18.8 Å². The summed E-state index contributed by atoms with van der Waals surface area (Å²) in [6, 6.07) is 3.46. The normalized spacial score (nSPS) is 14.6. The third kappa shape index (κ3) is 2.03. The van der Waals surface area contributed by atoms with Crippen molar-refractivity contribution in [3.8, 4) is 0 Å². The summed E-state index contributed by atoms with van der Waals surface area (Å²) in [5.41, 5.74) is 1.21. The predicted octanol–water partition coefficient (Wildman–Crippen LogP) is 1.71. The molecule has 0 atom stereocenters. The first-order valence-corrected chi connectivity index (χ1v) is 7.01. The first kappa shape index (κ1) is 11.5. The SMILES string of the molecule is O=C(Nc1nc(C2CC2)ns1)c1ccc2ncnn2c1. The van der Waals surface area contributed by atoms with Crippen molar-refractivity contribution < 1.29 is 4.79 Å². The van der Waals surface area contributed by atoms with E-state index >= 15 is 0 Å². The van der Waals surface area contributed by atoms with Gasteiger partial charge in [-0.2, -0.15) is 9.47 Å². The van der Waals surface area contributed by atoms with E-state index in [9.17, 15) is 4.79 Å². The first-order chi connectivity index (χ1) is 9.79. The standard InChI is InChI=1S/C12H10N6OS/c19-11(8-3-4-9-13-6-14-18(9)5-8)16-12-15-10(17-20-12)7-1-2-7/h3-7H,1-2H2,(H,15,16,17,19). The summed E-state index contributed by atoms with van der Waals surface area (Å²) in [6.07, 6.45) is 5.38. The van der Waals surface area contributed by atoms with Crippen LogP contribution in [-0.2, 0) is 0 Å². The zero-order valence-electron chi connectivity index (χ0n) is 10.4. The van der Waals surface area contributed by atoms with Crippen LogP contribution in [0.25, 0.3) is 5.65 Å². The van der Waals surface area contributed by atoms with E-state index in [-0.39, 0.29) is 5.91 Å². The van der Waals surface area contributed by atoms with E-state index in [0.717, 1.165) is 18.7 Å². The topological polar surface area (TPSA) is 85.1 Å². The van der Waals surface area contributed by atoms with E-state index in [1.54, 1.807) is 22.8 Å². The maximum absolute atomic E-state index is 12.1. The summed E-state index contributed by atoms with van der Waals surface area (Å²) in [7, 11) is 0. The van der Waals surface area contributed by atoms with Crippen molar-refractivity contribution in [2.24, 2.45) is 0 Å². The Morgan fingerprint density at radius 2 is 2.30 bits per heavy atom. The van der Waals surface area contributed by atoms with E-state index in [1.165, 1.54) is 17.9 Å². The molecule has 1 amide bonds. The number of anilines is 1. The third-order valence-electron chi connectivity index (χ3n) is 3.14. The van der Waals surface area contributed by atoms with Crippen LogP contribution in [0.15, 0.2) is 24.7 Å². The van der Waals surface area contributed by atoms with Gasteiger partial charge < -0.3 is 0 Å². The number of fused-ring (bicyclic) bond motifs is 1. The van der Waals surface area contributed by atoms with Gasteiger partial charge in [0.2, 0.25) is 5.13 Å². The van der Waals surface area contributed by atoms with Crippen LogP contribution in [-0.4, -0.2) is 29.9 Å². The van der Waals surface area contributed by atoms with Crippen LogP contribution in [0.1, 0.15) is 34.9 Å². The summed E-state index contributed by atoms with van der Waals surface area (Å²) < 4.78 is 5.82. The molecule has 20 heavy (non-hydrogen) atoms. The minimum absolute atomic E-state index is 0.221. The Morgan fingerprint density at radius 3 is 3.15 bits per heavy atom. The van der Waals surface area contributed by atoms with Crippen LogP contribution in [0.4, 0.5) is 5.13 Å². The highest BCUT2D eigenvalue weighted by Crippen LogP contribution is 2.39. The number of hydrogen-bond donors (Lipinski definition) is 1. The molecule has 0 spiro atoms. The van der Waals surface area contributed by atoms with Gasteiger partial charge in [0.05, 0.1) is 5.56 Å². The molecule has 0 radical (unpaired) electrons. The summed E-state index contributed by atoms with van der Waals surface area (Å²) in [5.74, 6) is 1.11. The molecule has 0 bridgehead atoms. The van der Waals surface area contributed by atoms with E-state index < -0.39 is 0 Å². The Labute approximate surface area is 117 Å². The molecular weight excluding hydrogens is 276 g/mol. The summed E-state index contributed by atoms with van der Waals surface area (Å²) in [5, 5.41) is 7.30. The molecule has 4 rings (SSSR count). The number of hydrogen-bond acceptors (Lipinski definition) is 6. The van der Waals surface area contributed by atoms with Gasteiger partial charge in [0.1, 0.15) is 12.2 Å². The molecule has 0 unspecified atom stereocenters. The Balaban J connectivity index is 1.55. The molecule has 3 heterocycles. The van der Waals surface area contributed by atoms with Crippen molar-refractivity contribution >= 4 is 28.2 Å². The summed E-state index contributed by atoms with van der Waals surface area (Å²) in [6.45, 7) is 0. The second-order valence-corrected chi connectivity index (χ2v) is 5.42. The maximum atomic E-state index is 12.1. The average molecular weight is 286 g/mol. The largest absolute Gasteiger partial charge is 0.297 e. The van der Waals surface area contributed by atoms with E-state index in [4.69, 9.17) is 0 Å². The van der Waals surface area contributed by atoms with Gasteiger partial charge in [-0.05, 0) is 25.0 Å². The highest BCUT2D eigenvalue weighted by Gasteiger charge is 2.28. The minimum atomic E-state index is -0.221. The first-order valence-electron chi connectivity index (χ1n) is 6.24. The van der Waals surface area contributed by atoms with Gasteiger partial charge in [-0.25, -0.2) is 14.5 Å². The van der Waals surface area contributed by atoms with Crippen LogP contribution in [0.5, 0.6) is 0 Å². The number of pyridine rings is 1. The summed E-state index contributed by atoms with van der Waals surface area (Å²) >= 11 is 1.22. The van der Waals surface area contributed by atoms with Crippen molar-refractivity contribution in [2.75, 3.05) is 5.32 Å². The van der Waals surface area contributed by atoms with Crippen molar-refractivity contribution in [1.29, 1.82) is 0 Å². The maximum Gasteiger partial charge on any atom is 0.259 e. The lowest BCUT2D eigenvalue weighted by Gasteiger charge is -2.01. The molecule has 100 valence electrons. The molecule has 1 saturated carbocycles. The molecule has 0 aromatic carbocycles. The summed E-state index contributed by atoms with van der Waals surface area (Å²) in [4.78, 5) is 20.5. The van der Waals surface area contributed by atoms with Gasteiger partial charge in [0, 0.05) is 23.6 Å². The van der Waals surface area contributed by atoms with Gasteiger partial charge >= 0.3 is 0 Å². The zero-order valence-corrected chi connectivity index (χ0v) is 11.2. The van der Waals surface area contributed by atoms with Crippen LogP contribution < -0.4 is 5.32 Å². The molecule has 3 aromatic rings. The molecule has 3 aromatic heterocycles. The second-order valence-electron chi connectivity index (χ2n) is 4.67. The number of nitrogens with zero attached hydrogens (tertiary/aromatic N) is 5. The molecule has 1 N–H and O–H groups in total. The van der Waals surface area contributed by atoms with Gasteiger partial charge in [-0.3, -0.25) is 10.1 Å². The van der Waals surface area contributed by atoms with E-state index in [0.29, 0.717) is 22.3 Å². The van der Waals surface area contributed by atoms with Crippen molar-refractivity contribution in [1.82, 2.24) is 24.0 Å². The molecular formula is C12H10N6OS. The number of rotatable bonds is 3. The predicted molar refractivity (Wildman–Crippen MR) is 72.8 cm³/mol. The van der Waals surface area contributed by atoms with Crippen LogP contribution >= 0.6 is 11.5 Å². The third-order valence-corrected chi connectivity index (χ3v) is 3.79. The smallest absolute Gasteiger partial charge is 0.259 e. The van der Waals surface area contributed by atoms with E-state index in [1.807, 2.05) is 0 Å². The highest BCUT2D eigenvalue weighted by atomic mass is 32.1. The molecule has 1 aliphatic rings. The quantitative estimate of drug-likeness (QED) is 0.792.